The zero-order valence-electron chi connectivity index (χ0n) is 16.6. The van der Waals surface area contributed by atoms with E-state index in [0.29, 0.717) is 23.2 Å². The fraction of sp³-hybridized carbons (Fsp3) is 0.286. The molecule has 3 heterocycles. The van der Waals surface area contributed by atoms with Gasteiger partial charge in [-0.15, -0.1) is 10.2 Å². The lowest BCUT2D eigenvalue weighted by Crippen LogP contribution is -2.17. The average molecular weight is 390 g/mol. The zero-order valence-corrected chi connectivity index (χ0v) is 16.6. The van der Waals surface area contributed by atoms with Gasteiger partial charge in [0.2, 0.25) is 5.91 Å². The second-order valence-electron chi connectivity index (χ2n) is 7.11. The third-order valence-corrected chi connectivity index (χ3v) is 4.68. The van der Waals surface area contributed by atoms with Gasteiger partial charge in [-0.2, -0.15) is 4.98 Å². The third-order valence-electron chi connectivity index (χ3n) is 4.68. The number of nitrogens with zero attached hydrogens (tertiary/aromatic N) is 5. The molecule has 0 bridgehead atoms. The first-order valence-electron chi connectivity index (χ1n) is 9.60. The summed E-state index contributed by atoms with van der Waals surface area (Å²) >= 11 is 0. The zero-order chi connectivity index (χ0) is 20.4. The van der Waals surface area contributed by atoms with Crippen LogP contribution in [0.1, 0.15) is 43.9 Å². The minimum Gasteiger partial charge on any atom is -0.334 e. The maximum atomic E-state index is 12.5. The molecule has 0 atom stereocenters. The first kappa shape index (κ1) is 18.8. The molecule has 0 fully saturated rings. The van der Waals surface area contributed by atoms with Gasteiger partial charge in [-0.1, -0.05) is 44.1 Å². The van der Waals surface area contributed by atoms with Crippen LogP contribution in [-0.4, -0.2) is 30.6 Å². The average Bonchev–Trinajstić information content (AvgIpc) is 3.36. The van der Waals surface area contributed by atoms with Crippen LogP contribution in [0.4, 0.5) is 5.69 Å². The molecule has 29 heavy (non-hydrogen) atoms. The van der Waals surface area contributed by atoms with Crippen molar-refractivity contribution in [2.45, 2.75) is 39.5 Å². The Labute approximate surface area is 168 Å². The van der Waals surface area contributed by atoms with Crippen LogP contribution in [0, 0.1) is 0 Å². The molecule has 0 saturated heterocycles. The molecule has 8 nitrogen and oxygen atoms in total. The molecule has 148 valence electrons. The number of amides is 1. The van der Waals surface area contributed by atoms with Gasteiger partial charge in [0.1, 0.15) is 5.82 Å². The van der Waals surface area contributed by atoms with Crippen molar-refractivity contribution in [3.63, 3.8) is 0 Å². The van der Waals surface area contributed by atoms with Crippen LogP contribution in [0.25, 0.3) is 17.1 Å². The summed E-state index contributed by atoms with van der Waals surface area (Å²) in [6, 6.07) is 11.4. The minimum atomic E-state index is -0.136. The lowest BCUT2D eigenvalue weighted by Gasteiger charge is -2.09. The van der Waals surface area contributed by atoms with Crippen molar-refractivity contribution < 1.29 is 9.32 Å². The standard InChI is InChI=1S/C21H22N6O2/c1-4-14-7-5-6-8-16(14)22-19(28)12-18-25-24-17-11-15(9-10-27(17)18)21-23-20(13(2)3)26-29-21/h5-11,13H,4,12H2,1-3H3,(H,22,28). The number of benzene rings is 1. The summed E-state index contributed by atoms with van der Waals surface area (Å²) in [5.74, 6) is 1.71. The Bertz CT molecular complexity index is 1160. The Morgan fingerprint density at radius 1 is 1.21 bits per heavy atom. The van der Waals surface area contributed by atoms with Crippen molar-refractivity contribution >= 4 is 17.2 Å². The molecule has 1 aromatic carbocycles. The largest absolute Gasteiger partial charge is 0.334 e. The smallest absolute Gasteiger partial charge is 0.258 e. The fourth-order valence-corrected chi connectivity index (χ4v) is 3.07. The van der Waals surface area contributed by atoms with E-state index in [1.807, 2.05) is 56.4 Å². The van der Waals surface area contributed by atoms with E-state index in [-0.39, 0.29) is 18.2 Å². The number of aryl methyl sites for hydroxylation is 1. The van der Waals surface area contributed by atoms with Gasteiger partial charge in [-0.25, -0.2) is 0 Å². The van der Waals surface area contributed by atoms with E-state index >= 15 is 0 Å². The van der Waals surface area contributed by atoms with Gasteiger partial charge in [-0.3, -0.25) is 9.20 Å². The van der Waals surface area contributed by atoms with Crippen LogP contribution in [-0.2, 0) is 17.6 Å². The minimum absolute atomic E-state index is 0.122. The number of fused-ring (bicyclic) bond motifs is 1. The second-order valence-corrected chi connectivity index (χ2v) is 7.11. The highest BCUT2D eigenvalue weighted by Crippen LogP contribution is 2.21. The molecule has 0 saturated carbocycles. The number of pyridine rings is 1. The van der Waals surface area contributed by atoms with Crippen molar-refractivity contribution in [1.82, 2.24) is 24.7 Å². The van der Waals surface area contributed by atoms with Gasteiger partial charge >= 0.3 is 0 Å². The van der Waals surface area contributed by atoms with Crippen LogP contribution >= 0.6 is 0 Å². The van der Waals surface area contributed by atoms with Crippen molar-refractivity contribution in [1.29, 1.82) is 0 Å². The van der Waals surface area contributed by atoms with Crippen LogP contribution in [0.15, 0.2) is 47.1 Å². The Morgan fingerprint density at radius 3 is 2.79 bits per heavy atom. The number of rotatable bonds is 6. The SMILES string of the molecule is CCc1ccccc1NC(=O)Cc1nnc2cc(-c3nc(C(C)C)no3)ccn12. The number of carbonyl (C=O) groups is 1. The number of hydrogen-bond acceptors (Lipinski definition) is 6. The molecule has 8 heteroatoms. The molecule has 3 aromatic heterocycles. The molecule has 0 unspecified atom stereocenters. The van der Waals surface area contributed by atoms with Gasteiger partial charge in [0.15, 0.2) is 11.5 Å². The van der Waals surface area contributed by atoms with E-state index in [0.717, 1.165) is 23.2 Å². The summed E-state index contributed by atoms with van der Waals surface area (Å²) in [5.41, 5.74) is 3.30. The number of nitrogens with one attached hydrogen (secondary N) is 1. The maximum absolute atomic E-state index is 12.5. The van der Waals surface area contributed by atoms with Crippen molar-refractivity contribution in [2.24, 2.45) is 0 Å². The summed E-state index contributed by atoms with van der Waals surface area (Å²) in [5, 5.41) is 15.3. The molecule has 0 radical (unpaired) electrons. The molecule has 1 N–H and O–H groups in total. The molecule has 0 aliphatic carbocycles. The van der Waals surface area contributed by atoms with Crippen molar-refractivity contribution in [2.75, 3.05) is 5.32 Å². The van der Waals surface area contributed by atoms with E-state index in [1.54, 1.807) is 4.40 Å². The lowest BCUT2D eigenvalue weighted by atomic mass is 10.1. The number of para-hydroxylation sites is 1. The Morgan fingerprint density at radius 2 is 2.03 bits per heavy atom. The molecule has 0 spiro atoms. The highest BCUT2D eigenvalue weighted by atomic mass is 16.5. The second kappa shape index (κ2) is 7.83. The summed E-state index contributed by atoms with van der Waals surface area (Å²) in [7, 11) is 0. The highest BCUT2D eigenvalue weighted by Gasteiger charge is 2.15. The molecular formula is C21H22N6O2. The monoisotopic (exact) mass is 390 g/mol. The topological polar surface area (TPSA) is 98.2 Å². The quantitative estimate of drug-likeness (QED) is 0.540. The maximum Gasteiger partial charge on any atom is 0.258 e. The summed E-state index contributed by atoms with van der Waals surface area (Å²) in [4.78, 5) is 16.9. The van der Waals surface area contributed by atoms with E-state index in [9.17, 15) is 4.79 Å². The van der Waals surface area contributed by atoms with Gasteiger partial charge in [-0.05, 0) is 30.2 Å². The normalized spacial score (nSPS) is 11.3. The summed E-state index contributed by atoms with van der Waals surface area (Å²) in [6.07, 6.45) is 2.78. The van der Waals surface area contributed by atoms with Gasteiger partial charge in [0, 0.05) is 23.4 Å². The summed E-state index contributed by atoms with van der Waals surface area (Å²) < 4.78 is 7.12. The molecule has 4 aromatic rings. The molecule has 1 amide bonds. The summed E-state index contributed by atoms with van der Waals surface area (Å²) in [6.45, 7) is 6.07. The molecule has 0 aliphatic rings. The van der Waals surface area contributed by atoms with E-state index in [4.69, 9.17) is 4.52 Å². The predicted octanol–water partition coefficient (Wildman–Crippen LogP) is 3.65. The van der Waals surface area contributed by atoms with Crippen LogP contribution in [0.3, 0.4) is 0 Å². The highest BCUT2D eigenvalue weighted by molar-refractivity contribution is 5.92. The van der Waals surface area contributed by atoms with Crippen molar-refractivity contribution in [3.05, 3.63) is 59.8 Å². The Hall–Kier alpha value is -3.55. The Balaban J connectivity index is 1.53. The van der Waals surface area contributed by atoms with Gasteiger partial charge in [0.25, 0.3) is 5.89 Å². The van der Waals surface area contributed by atoms with Crippen LogP contribution in [0.2, 0.25) is 0 Å². The van der Waals surface area contributed by atoms with Crippen LogP contribution < -0.4 is 5.32 Å². The first-order valence-corrected chi connectivity index (χ1v) is 9.60. The molecule has 0 aliphatic heterocycles. The predicted molar refractivity (Wildman–Crippen MR) is 109 cm³/mol. The molecule has 4 rings (SSSR count). The number of carbonyl (C=O) groups excluding carboxylic acids is 1. The Kier molecular flexibility index (Phi) is 5.07. The lowest BCUT2D eigenvalue weighted by molar-refractivity contribution is -0.115. The number of aromatic nitrogens is 5. The van der Waals surface area contributed by atoms with Crippen molar-refractivity contribution in [3.8, 4) is 11.5 Å². The van der Waals surface area contributed by atoms with E-state index in [1.165, 1.54) is 0 Å². The first-order chi connectivity index (χ1) is 14.0. The number of anilines is 1. The fourth-order valence-electron chi connectivity index (χ4n) is 3.07. The van der Waals surface area contributed by atoms with Gasteiger partial charge < -0.3 is 9.84 Å². The van der Waals surface area contributed by atoms with E-state index < -0.39 is 0 Å². The third kappa shape index (κ3) is 3.87. The van der Waals surface area contributed by atoms with E-state index in [2.05, 4.69) is 32.6 Å². The van der Waals surface area contributed by atoms with Crippen LogP contribution in [0.5, 0.6) is 0 Å². The number of hydrogen-bond donors (Lipinski definition) is 1. The van der Waals surface area contributed by atoms with Gasteiger partial charge in [0.05, 0.1) is 6.42 Å². The molecular weight excluding hydrogens is 368 g/mol.